The number of likely N-dealkylation sites (tertiary alicyclic amines) is 1. The Morgan fingerprint density at radius 2 is 1.82 bits per heavy atom. The molecule has 0 atom stereocenters. The van der Waals surface area contributed by atoms with E-state index < -0.39 is 0 Å². The zero-order chi connectivity index (χ0) is 20.3. The Morgan fingerprint density at radius 1 is 1.18 bits per heavy atom. The number of carbonyl (C=O) groups is 2. The SMILES string of the molecule is Cc1oc(C)c(C(=O)Nc2ccc(CCN3CCC(C(N)=O)CC3)cc2)c1Br. The number of halogens is 1. The molecule has 0 unspecified atom stereocenters. The fourth-order valence-electron chi connectivity index (χ4n) is 3.59. The topological polar surface area (TPSA) is 88.6 Å². The molecule has 2 aromatic rings. The van der Waals surface area contributed by atoms with E-state index in [1.165, 1.54) is 5.56 Å². The molecule has 1 aromatic carbocycles. The molecule has 2 amide bonds. The van der Waals surface area contributed by atoms with E-state index in [2.05, 4.69) is 26.1 Å². The monoisotopic (exact) mass is 447 g/mol. The normalized spacial score (nSPS) is 15.5. The van der Waals surface area contributed by atoms with Crippen molar-refractivity contribution in [3.05, 3.63) is 51.4 Å². The second kappa shape index (κ2) is 8.92. The number of hydrogen-bond donors (Lipinski definition) is 2. The number of nitrogens with zero attached hydrogens (tertiary/aromatic N) is 1. The Hall–Kier alpha value is -2.12. The third-order valence-electron chi connectivity index (χ3n) is 5.33. The highest BCUT2D eigenvalue weighted by atomic mass is 79.9. The lowest BCUT2D eigenvalue weighted by Gasteiger charge is -2.30. The summed E-state index contributed by atoms with van der Waals surface area (Å²) in [6.07, 6.45) is 2.63. The summed E-state index contributed by atoms with van der Waals surface area (Å²) >= 11 is 3.41. The van der Waals surface area contributed by atoms with Gasteiger partial charge in [-0.1, -0.05) is 12.1 Å². The Balaban J connectivity index is 1.51. The fourth-order valence-corrected chi connectivity index (χ4v) is 4.13. The molecule has 1 fully saturated rings. The zero-order valence-corrected chi connectivity index (χ0v) is 17.8. The van der Waals surface area contributed by atoms with Gasteiger partial charge in [0.05, 0.1) is 10.0 Å². The van der Waals surface area contributed by atoms with Crippen molar-refractivity contribution in [2.45, 2.75) is 33.1 Å². The third-order valence-corrected chi connectivity index (χ3v) is 6.29. The fraction of sp³-hybridized carbons (Fsp3) is 0.429. The molecule has 150 valence electrons. The van der Waals surface area contributed by atoms with E-state index >= 15 is 0 Å². The number of carbonyl (C=O) groups excluding carboxylic acids is 2. The molecule has 1 aliphatic heterocycles. The van der Waals surface area contributed by atoms with Crippen molar-refractivity contribution in [2.75, 3.05) is 25.0 Å². The number of amides is 2. The van der Waals surface area contributed by atoms with Crippen LogP contribution in [0, 0.1) is 19.8 Å². The molecule has 0 spiro atoms. The van der Waals surface area contributed by atoms with Crippen LogP contribution in [0.15, 0.2) is 33.2 Å². The highest BCUT2D eigenvalue weighted by Gasteiger charge is 2.23. The Kier molecular flexibility index (Phi) is 6.57. The van der Waals surface area contributed by atoms with E-state index in [-0.39, 0.29) is 17.7 Å². The lowest BCUT2D eigenvalue weighted by atomic mass is 9.96. The smallest absolute Gasteiger partial charge is 0.260 e. The van der Waals surface area contributed by atoms with Crippen LogP contribution < -0.4 is 11.1 Å². The van der Waals surface area contributed by atoms with Crippen molar-refractivity contribution < 1.29 is 14.0 Å². The molecule has 0 bridgehead atoms. The average molecular weight is 448 g/mol. The second-order valence-corrected chi connectivity index (χ2v) is 8.12. The molecular weight excluding hydrogens is 422 g/mol. The molecule has 6 nitrogen and oxygen atoms in total. The molecule has 1 aromatic heterocycles. The minimum Gasteiger partial charge on any atom is -0.465 e. The van der Waals surface area contributed by atoms with Gasteiger partial charge in [0.1, 0.15) is 11.5 Å². The number of nitrogens with two attached hydrogens (primary N) is 1. The van der Waals surface area contributed by atoms with Crippen LogP contribution in [0.25, 0.3) is 0 Å². The molecule has 0 aliphatic carbocycles. The summed E-state index contributed by atoms with van der Waals surface area (Å²) in [7, 11) is 0. The lowest BCUT2D eigenvalue weighted by molar-refractivity contribution is -0.123. The molecular formula is C21H26BrN3O3. The number of furan rings is 1. The first-order chi connectivity index (χ1) is 13.3. The lowest BCUT2D eigenvalue weighted by Crippen LogP contribution is -2.39. The Bertz CT molecular complexity index is 853. The molecule has 0 saturated carbocycles. The summed E-state index contributed by atoms with van der Waals surface area (Å²) in [4.78, 5) is 26.1. The second-order valence-electron chi connectivity index (χ2n) is 7.32. The van der Waals surface area contributed by atoms with Crippen LogP contribution in [0.3, 0.4) is 0 Å². The maximum Gasteiger partial charge on any atom is 0.260 e. The largest absolute Gasteiger partial charge is 0.465 e. The van der Waals surface area contributed by atoms with Gasteiger partial charge in [0.15, 0.2) is 0 Å². The molecule has 3 rings (SSSR count). The predicted molar refractivity (Wildman–Crippen MR) is 112 cm³/mol. The van der Waals surface area contributed by atoms with E-state index in [4.69, 9.17) is 10.2 Å². The first-order valence-corrected chi connectivity index (χ1v) is 10.3. The van der Waals surface area contributed by atoms with E-state index in [0.717, 1.165) is 44.6 Å². The minimum absolute atomic E-state index is 0.0295. The maximum atomic E-state index is 12.5. The van der Waals surface area contributed by atoms with Crippen LogP contribution in [0.2, 0.25) is 0 Å². The van der Waals surface area contributed by atoms with E-state index in [1.54, 1.807) is 6.92 Å². The predicted octanol–water partition coefficient (Wildman–Crippen LogP) is 3.65. The average Bonchev–Trinajstić information content (AvgIpc) is 2.93. The van der Waals surface area contributed by atoms with Gasteiger partial charge >= 0.3 is 0 Å². The molecule has 1 saturated heterocycles. The van der Waals surface area contributed by atoms with Crippen molar-refractivity contribution in [1.29, 1.82) is 0 Å². The summed E-state index contributed by atoms with van der Waals surface area (Å²) < 4.78 is 6.19. The van der Waals surface area contributed by atoms with Crippen LogP contribution in [-0.4, -0.2) is 36.3 Å². The van der Waals surface area contributed by atoms with Gasteiger partial charge in [-0.05, 0) is 79.8 Å². The minimum atomic E-state index is -0.189. The van der Waals surface area contributed by atoms with Gasteiger partial charge in [-0.3, -0.25) is 9.59 Å². The number of nitrogens with one attached hydrogen (secondary N) is 1. The van der Waals surface area contributed by atoms with Crippen molar-refractivity contribution >= 4 is 33.4 Å². The van der Waals surface area contributed by atoms with Crippen LogP contribution in [0.1, 0.15) is 40.3 Å². The summed E-state index contributed by atoms with van der Waals surface area (Å²) in [6.45, 7) is 6.39. The summed E-state index contributed by atoms with van der Waals surface area (Å²) in [5.74, 6) is 0.953. The van der Waals surface area contributed by atoms with Gasteiger partial charge in [-0.25, -0.2) is 0 Å². The quantitative estimate of drug-likeness (QED) is 0.706. The molecule has 28 heavy (non-hydrogen) atoms. The molecule has 3 N–H and O–H groups in total. The zero-order valence-electron chi connectivity index (χ0n) is 16.3. The van der Waals surface area contributed by atoms with Crippen LogP contribution in [-0.2, 0) is 11.2 Å². The number of primary amides is 1. The van der Waals surface area contributed by atoms with Crippen molar-refractivity contribution in [3.63, 3.8) is 0 Å². The molecule has 2 heterocycles. The number of rotatable bonds is 6. The van der Waals surface area contributed by atoms with E-state index in [0.29, 0.717) is 21.6 Å². The van der Waals surface area contributed by atoms with E-state index in [9.17, 15) is 9.59 Å². The standard InChI is InChI=1S/C21H26BrN3O3/c1-13-18(19(22)14(2)28-13)21(27)24-17-5-3-15(4-6-17)7-10-25-11-8-16(9-12-25)20(23)26/h3-6,16H,7-12H2,1-2H3,(H2,23,26)(H,24,27). The summed E-state index contributed by atoms with van der Waals surface area (Å²) in [5.41, 5.74) is 7.88. The number of anilines is 1. The highest BCUT2D eigenvalue weighted by molar-refractivity contribution is 9.10. The van der Waals surface area contributed by atoms with E-state index in [1.807, 2.05) is 31.2 Å². The number of benzene rings is 1. The first kappa shape index (κ1) is 20.6. The van der Waals surface area contributed by atoms with Crippen molar-refractivity contribution in [1.82, 2.24) is 4.90 Å². The summed E-state index contributed by atoms with van der Waals surface area (Å²) in [6, 6.07) is 7.91. The van der Waals surface area contributed by atoms with Crippen LogP contribution >= 0.6 is 15.9 Å². The van der Waals surface area contributed by atoms with Crippen LogP contribution in [0.4, 0.5) is 5.69 Å². The molecule has 0 radical (unpaired) electrons. The highest BCUT2D eigenvalue weighted by Crippen LogP contribution is 2.28. The number of hydrogen-bond acceptors (Lipinski definition) is 4. The Labute approximate surface area is 173 Å². The van der Waals surface area contributed by atoms with Crippen molar-refractivity contribution in [3.8, 4) is 0 Å². The summed E-state index contributed by atoms with van der Waals surface area (Å²) in [5, 5.41) is 2.92. The Morgan fingerprint density at radius 3 is 2.36 bits per heavy atom. The third kappa shape index (κ3) is 4.83. The number of aryl methyl sites for hydroxylation is 2. The first-order valence-electron chi connectivity index (χ1n) is 9.52. The maximum absolute atomic E-state index is 12.5. The molecule has 7 heteroatoms. The van der Waals surface area contributed by atoms with Gasteiger partial charge in [0.25, 0.3) is 5.91 Å². The van der Waals surface area contributed by atoms with Crippen molar-refractivity contribution in [2.24, 2.45) is 11.7 Å². The van der Waals surface area contributed by atoms with Gasteiger partial charge < -0.3 is 20.4 Å². The van der Waals surface area contributed by atoms with Gasteiger partial charge in [0.2, 0.25) is 5.91 Å². The van der Waals surface area contributed by atoms with Gasteiger partial charge in [-0.2, -0.15) is 0 Å². The van der Waals surface area contributed by atoms with Gasteiger partial charge in [0, 0.05) is 18.2 Å². The van der Waals surface area contributed by atoms with Gasteiger partial charge in [-0.15, -0.1) is 0 Å². The van der Waals surface area contributed by atoms with Crippen LogP contribution in [0.5, 0.6) is 0 Å². The number of piperidine rings is 1. The molecule has 1 aliphatic rings.